The molecular weight excluding hydrogens is 514 g/mol. The summed E-state index contributed by atoms with van der Waals surface area (Å²) < 4.78 is 27.7. The van der Waals surface area contributed by atoms with E-state index in [-0.39, 0.29) is 13.1 Å². The van der Waals surface area contributed by atoms with Crippen molar-refractivity contribution in [2.75, 3.05) is 45.1 Å². The minimum atomic E-state index is -1.25. The molecule has 8 heteroatoms. The van der Waals surface area contributed by atoms with E-state index in [0.717, 1.165) is 12.8 Å². The molecule has 1 rings (SSSR count). The fourth-order valence-electron chi connectivity index (χ4n) is 4.51. The molecule has 0 aliphatic rings. The predicted octanol–water partition coefficient (Wildman–Crippen LogP) is 7.22. The lowest BCUT2D eigenvalue weighted by atomic mass is 10.0. The fraction of sp³-hybridized carbons (Fsp3) is 0.742. The highest BCUT2D eigenvalue weighted by atomic mass is 32.2. The summed E-state index contributed by atoms with van der Waals surface area (Å²) in [5.74, 6) is -0.409. The number of methoxy groups -OCH3 is 2. The van der Waals surface area contributed by atoms with Crippen LogP contribution in [0.15, 0.2) is 23.1 Å². The molecule has 0 N–H and O–H groups in total. The summed E-state index contributed by atoms with van der Waals surface area (Å²) in [7, 11) is 1.34. The van der Waals surface area contributed by atoms with E-state index in [0.29, 0.717) is 22.9 Å². The van der Waals surface area contributed by atoms with Crippen LogP contribution in [-0.4, -0.2) is 56.3 Å². The number of rotatable bonds is 24. The predicted molar refractivity (Wildman–Crippen MR) is 160 cm³/mol. The van der Waals surface area contributed by atoms with Gasteiger partial charge in [-0.05, 0) is 18.6 Å². The SMILES string of the molecule is CCCCCCCCCCCCCCCCCCOc1cc(N(CC(=O)OC)CC(=O)OC)cc(S(C)=O)c1. The Hall–Kier alpha value is -2.09. The molecule has 39 heavy (non-hydrogen) atoms. The third kappa shape index (κ3) is 17.3. The van der Waals surface area contributed by atoms with Crippen molar-refractivity contribution < 1.29 is 28.0 Å². The molecule has 7 nitrogen and oxygen atoms in total. The Kier molecular flexibility index (Phi) is 20.3. The van der Waals surface area contributed by atoms with Crippen LogP contribution in [0.2, 0.25) is 0 Å². The molecule has 0 aromatic heterocycles. The van der Waals surface area contributed by atoms with Gasteiger partial charge >= 0.3 is 11.9 Å². The lowest BCUT2D eigenvalue weighted by molar-refractivity contribution is -0.140. The first-order valence-corrected chi connectivity index (χ1v) is 16.5. The largest absolute Gasteiger partial charge is 0.493 e. The van der Waals surface area contributed by atoms with Crippen LogP contribution in [0.3, 0.4) is 0 Å². The Labute approximate surface area is 239 Å². The van der Waals surface area contributed by atoms with Gasteiger partial charge < -0.3 is 19.1 Å². The van der Waals surface area contributed by atoms with Crippen molar-refractivity contribution >= 4 is 28.4 Å². The summed E-state index contributed by atoms with van der Waals surface area (Å²) >= 11 is 0. The van der Waals surface area contributed by atoms with E-state index in [1.807, 2.05) is 0 Å². The number of hydrogen-bond donors (Lipinski definition) is 0. The molecular formula is C31H53NO6S. The summed E-state index contributed by atoms with van der Waals surface area (Å²) in [6, 6.07) is 5.21. The van der Waals surface area contributed by atoms with Gasteiger partial charge in [0, 0.05) is 33.7 Å². The Morgan fingerprint density at radius 3 is 1.54 bits per heavy atom. The molecule has 0 fully saturated rings. The minimum Gasteiger partial charge on any atom is -0.493 e. The lowest BCUT2D eigenvalue weighted by Crippen LogP contribution is -2.35. The number of unbranched alkanes of at least 4 members (excludes halogenated alkanes) is 15. The first-order valence-electron chi connectivity index (χ1n) is 14.9. The number of carbonyl (C=O) groups excluding carboxylic acids is 2. The van der Waals surface area contributed by atoms with E-state index >= 15 is 0 Å². The molecule has 0 radical (unpaired) electrons. The molecule has 1 aromatic carbocycles. The van der Waals surface area contributed by atoms with Crippen LogP contribution in [-0.2, 0) is 29.9 Å². The number of hydrogen-bond acceptors (Lipinski definition) is 7. The summed E-state index contributed by atoms with van der Waals surface area (Å²) in [6.07, 6.45) is 22.7. The molecule has 0 saturated heterocycles. The average molecular weight is 568 g/mol. The molecule has 0 amide bonds. The number of carbonyl (C=O) groups is 2. The Bertz CT molecular complexity index is 813. The summed E-state index contributed by atoms with van der Waals surface area (Å²) in [5.41, 5.74) is 0.556. The van der Waals surface area contributed by atoms with Gasteiger partial charge in [-0.1, -0.05) is 103 Å². The maximum Gasteiger partial charge on any atom is 0.325 e. The molecule has 0 aliphatic carbocycles. The quantitative estimate of drug-likeness (QED) is 0.0963. The molecule has 0 heterocycles. The van der Waals surface area contributed by atoms with E-state index in [1.165, 1.54) is 109 Å². The van der Waals surface area contributed by atoms with Crippen molar-refractivity contribution in [2.24, 2.45) is 0 Å². The zero-order chi connectivity index (χ0) is 28.7. The van der Waals surface area contributed by atoms with Crippen molar-refractivity contribution in [3.8, 4) is 5.75 Å². The zero-order valence-corrected chi connectivity index (χ0v) is 25.8. The van der Waals surface area contributed by atoms with Crippen LogP contribution in [0.25, 0.3) is 0 Å². The monoisotopic (exact) mass is 567 g/mol. The van der Waals surface area contributed by atoms with Crippen molar-refractivity contribution in [3.63, 3.8) is 0 Å². The molecule has 1 atom stereocenters. The van der Waals surface area contributed by atoms with E-state index < -0.39 is 22.7 Å². The van der Waals surface area contributed by atoms with Crippen LogP contribution in [0, 0.1) is 0 Å². The molecule has 0 saturated carbocycles. The number of benzene rings is 1. The van der Waals surface area contributed by atoms with Gasteiger partial charge in [0.05, 0.1) is 20.8 Å². The smallest absolute Gasteiger partial charge is 0.325 e. The Morgan fingerprint density at radius 2 is 1.13 bits per heavy atom. The van der Waals surface area contributed by atoms with Crippen LogP contribution in [0.1, 0.15) is 110 Å². The second-order valence-electron chi connectivity index (χ2n) is 10.3. The highest BCUT2D eigenvalue weighted by Crippen LogP contribution is 2.26. The number of nitrogens with zero attached hydrogens (tertiary/aromatic N) is 1. The van der Waals surface area contributed by atoms with E-state index in [9.17, 15) is 13.8 Å². The summed E-state index contributed by atoms with van der Waals surface area (Å²) in [5, 5.41) is 0. The fourth-order valence-corrected chi connectivity index (χ4v) is 5.08. The van der Waals surface area contributed by atoms with Crippen molar-refractivity contribution in [3.05, 3.63) is 18.2 Å². The highest BCUT2D eigenvalue weighted by Gasteiger charge is 2.18. The van der Waals surface area contributed by atoms with E-state index in [2.05, 4.69) is 6.92 Å². The normalized spacial score (nSPS) is 11.7. The van der Waals surface area contributed by atoms with Crippen LogP contribution in [0.4, 0.5) is 5.69 Å². The van der Waals surface area contributed by atoms with Gasteiger partial charge in [0.15, 0.2) is 0 Å². The van der Waals surface area contributed by atoms with Gasteiger partial charge in [-0.2, -0.15) is 0 Å². The molecule has 1 aromatic rings. The van der Waals surface area contributed by atoms with E-state index in [1.54, 1.807) is 24.5 Å². The second-order valence-corrected chi connectivity index (χ2v) is 11.7. The second kappa shape index (κ2) is 22.7. The van der Waals surface area contributed by atoms with Gasteiger partial charge in [0.2, 0.25) is 0 Å². The van der Waals surface area contributed by atoms with Gasteiger partial charge in [-0.3, -0.25) is 13.8 Å². The van der Waals surface area contributed by atoms with Crippen molar-refractivity contribution in [1.29, 1.82) is 0 Å². The topological polar surface area (TPSA) is 82.1 Å². The third-order valence-corrected chi connectivity index (χ3v) is 7.82. The van der Waals surface area contributed by atoms with Crippen LogP contribution in [0.5, 0.6) is 5.75 Å². The lowest BCUT2D eigenvalue weighted by Gasteiger charge is -2.23. The molecule has 1 unspecified atom stereocenters. The standard InChI is InChI=1S/C31H53NO6S/c1-5-6-7-8-9-10-11-12-13-14-15-16-17-18-19-20-21-38-28-22-27(23-29(24-28)39(4)35)32(25-30(33)36-2)26-31(34)37-3/h22-24H,5-21,25-26H2,1-4H3. The third-order valence-electron chi connectivity index (χ3n) is 6.92. The average Bonchev–Trinajstić information content (AvgIpc) is 2.93. The Morgan fingerprint density at radius 1 is 0.692 bits per heavy atom. The molecule has 0 bridgehead atoms. The maximum atomic E-state index is 12.2. The van der Waals surface area contributed by atoms with E-state index in [4.69, 9.17) is 14.2 Å². The zero-order valence-electron chi connectivity index (χ0n) is 25.0. The first-order chi connectivity index (χ1) is 18.9. The maximum absolute atomic E-state index is 12.2. The van der Waals surface area contributed by atoms with Gasteiger partial charge in [0.25, 0.3) is 0 Å². The molecule has 224 valence electrons. The Balaban J connectivity index is 2.33. The van der Waals surface area contributed by atoms with Gasteiger partial charge in [-0.15, -0.1) is 0 Å². The number of esters is 2. The van der Waals surface area contributed by atoms with Crippen molar-refractivity contribution in [1.82, 2.24) is 0 Å². The van der Waals surface area contributed by atoms with Crippen LogP contribution >= 0.6 is 0 Å². The summed E-state index contributed by atoms with van der Waals surface area (Å²) in [6.45, 7) is 2.56. The molecule has 0 spiro atoms. The van der Waals surface area contributed by atoms with Gasteiger partial charge in [0.1, 0.15) is 18.8 Å². The van der Waals surface area contributed by atoms with Crippen molar-refractivity contribution in [2.45, 2.75) is 115 Å². The number of anilines is 1. The molecule has 0 aliphatic heterocycles. The highest BCUT2D eigenvalue weighted by molar-refractivity contribution is 7.84. The first kappa shape index (κ1) is 34.9. The summed E-state index contributed by atoms with van der Waals surface area (Å²) in [4.78, 5) is 25.9. The van der Waals surface area contributed by atoms with Gasteiger partial charge in [-0.25, -0.2) is 0 Å². The minimum absolute atomic E-state index is 0.135. The number of ether oxygens (including phenoxy) is 3. The van der Waals surface area contributed by atoms with Crippen LogP contribution < -0.4 is 9.64 Å².